The van der Waals surface area contributed by atoms with Crippen LogP contribution >= 0.6 is 11.8 Å². The molecule has 16 heavy (non-hydrogen) atoms. The number of aliphatic hydroxyl groups is 1. The first kappa shape index (κ1) is 11.2. The zero-order chi connectivity index (χ0) is 11.5. The second-order valence-corrected chi connectivity index (χ2v) is 4.84. The van der Waals surface area contributed by atoms with Gasteiger partial charge < -0.3 is 5.11 Å². The van der Waals surface area contributed by atoms with E-state index in [-0.39, 0.29) is 17.4 Å². The molecule has 2 rings (SSSR count). The fourth-order valence-corrected chi connectivity index (χ4v) is 1.93. The fourth-order valence-electron chi connectivity index (χ4n) is 1.22. The van der Waals surface area contributed by atoms with Gasteiger partial charge in [0.25, 0.3) is 11.3 Å². The van der Waals surface area contributed by atoms with Gasteiger partial charge in [-0.3, -0.25) is 9.89 Å². The van der Waals surface area contributed by atoms with Crippen LogP contribution in [0.2, 0.25) is 0 Å². The third-order valence-electron chi connectivity index (χ3n) is 2.09. The fraction of sp³-hybridized carbons (Fsp3) is 0.444. The highest BCUT2D eigenvalue weighted by molar-refractivity contribution is 7.99. The summed E-state index contributed by atoms with van der Waals surface area (Å²) in [5.74, 6) is 0.972. The minimum absolute atomic E-state index is 0.119. The summed E-state index contributed by atoms with van der Waals surface area (Å²) in [7, 11) is 0. The van der Waals surface area contributed by atoms with Gasteiger partial charge in [-0.05, 0) is 0 Å². The van der Waals surface area contributed by atoms with Gasteiger partial charge in [-0.15, -0.1) is 0 Å². The van der Waals surface area contributed by atoms with Crippen molar-refractivity contribution in [1.29, 1.82) is 0 Å². The van der Waals surface area contributed by atoms with E-state index in [9.17, 15) is 4.79 Å². The van der Waals surface area contributed by atoms with E-state index in [1.807, 2.05) is 6.92 Å². The molecule has 1 atom stereocenters. The van der Waals surface area contributed by atoms with Gasteiger partial charge in [0.2, 0.25) is 0 Å². The van der Waals surface area contributed by atoms with Crippen LogP contribution in [0.15, 0.2) is 17.2 Å². The molecule has 0 aliphatic carbocycles. The molecule has 2 N–H and O–H groups in total. The number of fused-ring (bicyclic) bond motifs is 1. The summed E-state index contributed by atoms with van der Waals surface area (Å²) in [6.45, 7) is 2.04. The van der Waals surface area contributed by atoms with Gasteiger partial charge in [0.1, 0.15) is 6.33 Å². The van der Waals surface area contributed by atoms with E-state index in [1.54, 1.807) is 11.8 Å². The van der Waals surface area contributed by atoms with Crippen LogP contribution in [0.1, 0.15) is 12.6 Å². The Balaban J connectivity index is 2.22. The Labute approximate surface area is 95.7 Å². The minimum atomic E-state index is -0.172. The molecule has 0 aromatic carbocycles. The number of nitrogens with zero attached hydrogens (tertiary/aromatic N) is 3. The second kappa shape index (κ2) is 4.67. The van der Waals surface area contributed by atoms with Crippen molar-refractivity contribution in [3.8, 4) is 0 Å². The molecule has 0 aliphatic heterocycles. The number of H-pyrrole nitrogens is 1. The zero-order valence-corrected chi connectivity index (χ0v) is 9.57. The van der Waals surface area contributed by atoms with Gasteiger partial charge in [0.15, 0.2) is 0 Å². The number of thioether (sulfide) groups is 1. The van der Waals surface area contributed by atoms with Crippen molar-refractivity contribution >= 4 is 17.5 Å². The maximum atomic E-state index is 11.6. The zero-order valence-electron chi connectivity index (χ0n) is 8.75. The molecule has 0 bridgehead atoms. The highest BCUT2D eigenvalue weighted by Crippen LogP contribution is 2.14. The largest absolute Gasteiger partial charge is 0.395 e. The molecule has 2 aromatic heterocycles. The Hall–Kier alpha value is -1.34. The number of rotatable bonds is 4. The first-order valence-electron chi connectivity index (χ1n) is 4.85. The van der Waals surface area contributed by atoms with Gasteiger partial charge in [-0.25, -0.2) is 9.97 Å². The number of aliphatic hydroxyl groups excluding tert-OH is 1. The van der Waals surface area contributed by atoms with Crippen LogP contribution in [-0.4, -0.2) is 36.5 Å². The van der Waals surface area contributed by atoms with E-state index in [0.717, 1.165) is 0 Å². The Morgan fingerprint density at radius 1 is 1.69 bits per heavy atom. The number of aromatic amines is 1. The van der Waals surface area contributed by atoms with Crippen molar-refractivity contribution in [2.75, 3.05) is 6.61 Å². The van der Waals surface area contributed by atoms with E-state index >= 15 is 0 Å². The quantitative estimate of drug-likeness (QED) is 0.788. The molecule has 0 saturated carbocycles. The van der Waals surface area contributed by atoms with E-state index < -0.39 is 0 Å². The maximum Gasteiger partial charge on any atom is 0.274 e. The second-order valence-electron chi connectivity index (χ2n) is 3.41. The van der Waals surface area contributed by atoms with E-state index in [1.165, 1.54) is 16.9 Å². The topological polar surface area (TPSA) is 83.3 Å². The SMILES string of the molecule is CC(CO)SCc1cc(=O)n2[nH]cnc2n1. The summed E-state index contributed by atoms with van der Waals surface area (Å²) in [6, 6.07) is 1.47. The van der Waals surface area contributed by atoms with Crippen molar-refractivity contribution in [2.24, 2.45) is 0 Å². The van der Waals surface area contributed by atoms with Crippen molar-refractivity contribution in [3.63, 3.8) is 0 Å². The lowest BCUT2D eigenvalue weighted by Gasteiger charge is -2.06. The average molecular weight is 240 g/mol. The van der Waals surface area contributed by atoms with E-state index in [0.29, 0.717) is 17.2 Å². The molecular formula is C9H12N4O2S. The Morgan fingerprint density at radius 2 is 2.50 bits per heavy atom. The summed E-state index contributed by atoms with van der Waals surface area (Å²) in [5, 5.41) is 11.7. The molecule has 86 valence electrons. The Morgan fingerprint density at radius 3 is 3.25 bits per heavy atom. The van der Waals surface area contributed by atoms with Crippen LogP contribution in [0.25, 0.3) is 5.78 Å². The first-order chi connectivity index (χ1) is 7.70. The molecule has 0 fully saturated rings. The normalized spacial score (nSPS) is 13.1. The molecule has 0 radical (unpaired) electrons. The number of hydrogen-bond acceptors (Lipinski definition) is 5. The average Bonchev–Trinajstić information content (AvgIpc) is 2.74. The van der Waals surface area contributed by atoms with Gasteiger partial charge in [0.05, 0.1) is 12.3 Å². The van der Waals surface area contributed by atoms with Gasteiger partial charge in [-0.2, -0.15) is 16.3 Å². The highest BCUT2D eigenvalue weighted by Gasteiger charge is 2.06. The lowest BCUT2D eigenvalue weighted by molar-refractivity contribution is 0.300. The minimum Gasteiger partial charge on any atom is -0.395 e. The number of hydrogen-bond donors (Lipinski definition) is 2. The molecule has 0 amide bonds. The van der Waals surface area contributed by atoms with Crippen LogP contribution in [0.4, 0.5) is 0 Å². The number of aromatic nitrogens is 4. The van der Waals surface area contributed by atoms with Crippen molar-refractivity contribution in [1.82, 2.24) is 19.6 Å². The van der Waals surface area contributed by atoms with Gasteiger partial charge >= 0.3 is 0 Å². The molecule has 0 aliphatic rings. The molecule has 7 heteroatoms. The van der Waals surface area contributed by atoms with Gasteiger partial charge in [-0.1, -0.05) is 6.92 Å². The van der Waals surface area contributed by atoms with E-state index in [2.05, 4.69) is 15.1 Å². The first-order valence-corrected chi connectivity index (χ1v) is 5.90. The van der Waals surface area contributed by atoms with Crippen LogP contribution < -0.4 is 5.56 Å². The summed E-state index contributed by atoms with van der Waals surface area (Å²) < 4.78 is 1.28. The summed E-state index contributed by atoms with van der Waals surface area (Å²) in [5.41, 5.74) is 0.511. The van der Waals surface area contributed by atoms with Crippen LogP contribution in [-0.2, 0) is 5.75 Å². The predicted octanol–water partition coefficient (Wildman–Crippen LogP) is 0.0316. The third-order valence-corrected chi connectivity index (χ3v) is 3.27. The van der Waals surface area contributed by atoms with E-state index in [4.69, 9.17) is 5.11 Å². The molecule has 2 heterocycles. The summed E-state index contributed by atoms with van der Waals surface area (Å²) in [6.07, 6.45) is 1.43. The molecular weight excluding hydrogens is 228 g/mol. The molecule has 0 saturated heterocycles. The Kier molecular flexibility index (Phi) is 3.25. The van der Waals surface area contributed by atoms with Crippen LogP contribution in [0.3, 0.4) is 0 Å². The summed E-state index contributed by atoms with van der Waals surface area (Å²) >= 11 is 1.55. The lowest BCUT2D eigenvalue weighted by atomic mass is 10.4. The Bertz CT molecular complexity index is 536. The maximum absolute atomic E-state index is 11.6. The lowest BCUT2D eigenvalue weighted by Crippen LogP contribution is -2.15. The monoisotopic (exact) mass is 240 g/mol. The predicted molar refractivity (Wildman–Crippen MR) is 61.5 cm³/mol. The molecule has 1 unspecified atom stereocenters. The molecule has 6 nitrogen and oxygen atoms in total. The van der Waals surface area contributed by atoms with Gasteiger partial charge in [0, 0.05) is 17.1 Å². The van der Waals surface area contributed by atoms with Crippen LogP contribution in [0.5, 0.6) is 0 Å². The smallest absolute Gasteiger partial charge is 0.274 e. The molecule has 2 aromatic rings. The third kappa shape index (κ3) is 2.25. The van der Waals surface area contributed by atoms with Crippen molar-refractivity contribution < 1.29 is 5.11 Å². The highest BCUT2D eigenvalue weighted by atomic mass is 32.2. The number of nitrogens with one attached hydrogen (secondary N) is 1. The standard InChI is InChI=1S/C9H12N4O2S/c1-6(3-14)16-4-7-2-8(15)13-9(12-7)10-5-11-13/h2,5-6,14H,3-4H2,1H3,(H,10,11,12). The summed E-state index contributed by atoms with van der Waals surface area (Å²) in [4.78, 5) is 19.7. The van der Waals surface area contributed by atoms with Crippen LogP contribution in [0, 0.1) is 0 Å². The van der Waals surface area contributed by atoms with Crippen molar-refractivity contribution in [3.05, 3.63) is 28.4 Å². The van der Waals surface area contributed by atoms with Crippen molar-refractivity contribution in [2.45, 2.75) is 17.9 Å². The molecule has 0 spiro atoms.